The number of nitrogens with zero attached hydrogens (tertiary/aromatic N) is 2. The van der Waals surface area contributed by atoms with Crippen molar-refractivity contribution in [3.05, 3.63) is 158 Å². The van der Waals surface area contributed by atoms with Gasteiger partial charge in [0.15, 0.2) is 0 Å². The van der Waals surface area contributed by atoms with Crippen LogP contribution in [0, 0.1) is 0 Å². The Labute approximate surface area is 244 Å². The maximum absolute atomic E-state index is 5.24. The normalized spacial score (nSPS) is 11.3. The molecule has 8 rings (SSSR count). The molecule has 0 aliphatic carbocycles. The number of hydrogen-bond donors (Lipinski definition) is 0. The van der Waals surface area contributed by atoms with E-state index in [0.29, 0.717) is 0 Å². The van der Waals surface area contributed by atoms with Crippen LogP contribution in [0.4, 0.5) is 0 Å². The first-order valence-electron chi connectivity index (χ1n) is 14.3. The van der Waals surface area contributed by atoms with E-state index in [1.165, 1.54) is 33.0 Å². The molecule has 0 aliphatic heterocycles. The predicted octanol–water partition coefficient (Wildman–Crippen LogP) is 10.6. The lowest BCUT2D eigenvalue weighted by Crippen LogP contribution is -1.92. The van der Waals surface area contributed by atoms with Crippen molar-refractivity contribution in [1.29, 1.82) is 0 Å². The van der Waals surface area contributed by atoms with Crippen molar-refractivity contribution in [2.24, 2.45) is 0 Å². The van der Waals surface area contributed by atoms with E-state index in [1.807, 2.05) is 18.2 Å². The Hall–Kier alpha value is -5.60. The van der Waals surface area contributed by atoms with Crippen LogP contribution in [-0.4, -0.2) is 9.97 Å². The van der Waals surface area contributed by atoms with Crippen LogP contribution < -0.4 is 0 Å². The first-order chi connectivity index (χ1) is 20.8. The van der Waals surface area contributed by atoms with Gasteiger partial charge in [-0.15, -0.1) is 0 Å². The van der Waals surface area contributed by atoms with Crippen LogP contribution in [0.15, 0.2) is 158 Å². The molecule has 0 atom stereocenters. The topological polar surface area (TPSA) is 25.8 Å². The van der Waals surface area contributed by atoms with Crippen LogP contribution in [-0.2, 0) is 0 Å². The average molecular weight is 535 g/mol. The Morgan fingerprint density at radius 3 is 1.40 bits per heavy atom. The highest BCUT2D eigenvalue weighted by Gasteiger charge is 2.13. The molecule has 0 fully saturated rings. The van der Waals surface area contributed by atoms with E-state index >= 15 is 0 Å². The van der Waals surface area contributed by atoms with Crippen LogP contribution >= 0.6 is 0 Å². The molecule has 0 bridgehead atoms. The quantitative estimate of drug-likeness (QED) is 0.210. The van der Waals surface area contributed by atoms with E-state index in [0.717, 1.165) is 44.3 Å². The van der Waals surface area contributed by atoms with E-state index in [9.17, 15) is 0 Å². The summed E-state index contributed by atoms with van der Waals surface area (Å²) in [7, 11) is 0. The molecule has 0 N–H and O–H groups in total. The third kappa shape index (κ3) is 4.22. The highest BCUT2D eigenvalue weighted by Crippen LogP contribution is 2.37. The molecule has 8 aromatic rings. The Kier molecular flexibility index (Phi) is 5.82. The Morgan fingerprint density at radius 1 is 0.286 bits per heavy atom. The Morgan fingerprint density at radius 2 is 0.738 bits per heavy atom. The van der Waals surface area contributed by atoms with Gasteiger partial charge < -0.3 is 0 Å². The van der Waals surface area contributed by atoms with Gasteiger partial charge in [0.25, 0.3) is 0 Å². The fraction of sp³-hybridized carbons (Fsp3) is 0. The minimum Gasteiger partial charge on any atom is -0.245 e. The van der Waals surface area contributed by atoms with Gasteiger partial charge in [-0.25, -0.2) is 9.97 Å². The first-order valence-corrected chi connectivity index (χ1v) is 14.3. The van der Waals surface area contributed by atoms with Crippen LogP contribution in [0.3, 0.4) is 0 Å². The van der Waals surface area contributed by atoms with Crippen molar-refractivity contribution in [3.63, 3.8) is 0 Å². The molecule has 2 aromatic heterocycles. The number of benzene rings is 6. The highest BCUT2D eigenvalue weighted by molar-refractivity contribution is 6.07. The van der Waals surface area contributed by atoms with Gasteiger partial charge in [-0.05, 0) is 45.2 Å². The second-order valence-electron chi connectivity index (χ2n) is 10.6. The molecule has 0 saturated carbocycles. The van der Waals surface area contributed by atoms with Crippen LogP contribution in [0.1, 0.15) is 0 Å². The molecule has 0 aliphatic rings. The Balaban J connectivity index is 1.25. The molecule has 2 heteroatoms. The number of rotatable bonds is 4. The summed E-state index contributed by atoms with van der Waals surface area (Å²) >= 11 is 0. The lowest BCUT2D eigenvalue weighted by atomic mass is 9.92. The lowest BCUT2D eigenvalue weighted by molar-refractivity contribution is 1.37. The van der Waals surface area contributed by atoms with E-state index in [1.54, 1.807) is 0 Å². The molecular weight excluding hydrogens is 508 g/mol. The van der Waals surface area contributed by atoms with Crippen LogP contribution in [0.2, 0.25) is 0 Å². The molecule has 0 saturated heterocycles. The summed E-state index contributed by atoms with van der Waals surface area (Å²) < 4.78 is 0. The van der Waals surface area contributed by atoms with Crippen molar-refractivity contribution < 1.29 is 0 Å². The standard InChI is InChI=1S/C40H26N2/c1-3-9-27(10-4-1)28-15-17-29(18-16-28)33-23-24-36(35-14-8-7-13-34(33)35)38-26-22-32-20-19-31-21-25-37(30-11-5-2-6-12-30)41-39(31)40(32)42-38/h1-26H. The summed E-state index contributed by atoms with van der Waals surface area (Å²) in [5.41, 5.74) is 10.8. The predicted molar refractivity (Wildman–Crippen MR) is 176 cm³/mol. The minimum atomic E-state index is 0.924. The number of pyridine rings is 2. The maximum atomic E-state index is 5.24. The molecule has 0 spiro atoms. The molecular formula is C40H26N2. The summed E-state index contributed by atoms with van der Waals surface area (Å²) in [5, 5.41) is 4.58. The Bertz CT molecular complexity index is 2220. The summed E-state index contributed by atoms with van der Waals surface area (Å²) in [6, 6.07) is 55.6. The smallest absolute Gasteiger partial charge is 0.0972 e. The van der Waals surface area contributed by atoms with Crippen LogP contribution in [0.25, 0.3) is 77.3 Å². The monoisotopic (exact) mass is 534 g/mol. The van der Waals surface area contributed by atoms with Gasteiger partial charge in [-0.2, -0.15) is 0 Å². The van der Waals surface area contributed by atoms with E-state index in [2.05, 4.69) is 140 Å². The van der Waals surface area contributed by atoms with Crippen molar-refractivity contribution in [1.82, 2.24) is 9.97 Å². The summed E-state index contributed by atoms with van der Waals surface area (Å²) in [6.45, 7) is 0. The zero-order valence-electron chi connectivity index (χ0n) is 22.9. The number of hydrogen-bond acceptors (Lipinski definition) is 2. The molecule has 2 nitrogen and oxygen atoms in total. The second-order valence-corrected chi connectivity index (χ2v) is 10.6. The van der Waals surface area contributed by atoms with Gasteiger partial charge in [-0.3, -0.25) is 0 Å². The number of fused-ring (bicyclic) bond motifs is 4. The SMILES string of the molecule is c1ccc(-c2ccc(-c3ccc(-c4ccc5ccc6ccc(-c7ccccc7)nc6c5n4)c4ccccc34)cc2)cc1. The van der Waals surface area contributed by atoms with Gasteiger partial charge in [0.1, 0.15) is 0 Å². The zero-order chi connectivity index (χ0) is 27.9. The van der Waals surface area contributed by atoms with Gasteiger partial charge in [0.2, 0.25) is 0 Å². The zero-order valence-corrected chi connectivity index (χ0v) is 22.9. The molecule has 6 aromatic carbocycles. The fourth-order valence-electron chi connectivity index (χ4n) is 5.93. The molecule has 42 heavy (non-hydrogen) atoms. The van der Waals surface area contributed by atoms with E-state index in [4.69, 9.17) is 9.97 Å². The van der Waals surface area contributed by atoms with E-state index < -0.39 is 0 Å². The van der Waals surface area contributed by atoms with Crippen LogP contribution in [0.5, 0.6) is 0 Å². The number of aromatic nitrogens is 2. The lowest BCUT2D eigenvalue weighted by Gasteiger charge is -2.13. The molecule has 0 radical (unpaired) electrons. The van der Waals surface area contributed by atoms with Crippen molar-refractivity contribution >= 4 is 32.6 Å². The molecule has 196 valence electrons. The van der Waals surface area contributed by atoms with Crippen molar-refractivity contribution in [3.8, 4) is 44.8 Å². The molecule has 2 heterocycles. The van der Waals surface area contributed by atoms with Gasteiger partial charge in [0.05, 0.1) is 22.4 Å². The van der Waals surface area contributed by atoms with Gasteiger partial charge in [-0.1, -0.05) is 146 Å². The molecule has 0 amide bonds. The van der Waals surface area contributed by atoms with E-state index in [-0.39, 0.29) is 0 Å². The summed E-state index contributed by atoms with van der Waals surface area (Å²) in [6.07, 6.45) is 0. The largest absolute Gasteiger partial charge is 0.245 e. The molecule has 0 unspecified atom stereocenters. The van der Waals surface area contributed by atoms with Gasteiger partial charge >= 0.3 is 0 Å². The third-order valence-electron chi connectivity index (χ3n) is 8.09. The van der Waals surface area contributed by atoms with Crippen molar-refractivity contribution in [2.45, 2.75) is 0 Å². The third-order valence-corrected chi connectivity index (χ3v) is 8.09. The second kappa shape index (κ2) is 10.1. The summed E-state index contributed by atoms with van der Waals surface area (Å²) in [4.78, 5) is 10.3. The minimum absolute atomic E-state index is 0.924. The first kappa shape index (κ1) is 24.2. The van der Waals surface area contributed by atoms with Crippen molar-refractivity contribution in [2.75, 3.05) is 0 Å². The maximum Gasteiger partial charge on any atom is 0.0972 e. The summed E-state index contributed by atoms with van der Waals surface area (Å²) in [5.74, 6) is 0. The average Bonchev–Trinajstić information content (AvgIpc) is 3.08. The highest BCUT2D eigenvalue weighted by atomic mass is 14.8. The fourth-order valence-corrected chi connectivity index (χ4v) is 5.93. The van der Waals surface area contributed by atoms with Gasteiger partial charge in [0, 0.05) is 21.9 Å².